The molecule has 50 heavy (non-hydrogen) atoms. The van der Waals surface area contributed by atoms with Gasteiger partial charge in [-0.15, -0.1) is 0 Å². The summed E-state index contributed by atoms with van der Waals surface area (Å²) in [5.74, 6) is 2.12. The lowest BCUT2D eigenvalue weighted by Gasteiger charge is -2.22. The van der Waals surface area contributed by atoms with Crippen molar-refractivity contribution < 1.29 is 0 Å². The lowest BCUT2D eigenvalue weighted by atomic mass is 9.81. The van der Waals surface area contributed by atoms with Crippen molar-refractivity contribution >= 4 is 22.0 Å². The van der Waals surface area contributed by atoms with Gasteiger partial charge in [-0.1, -0.05) is 129 Å². The number of nitrogen functional groups attached to an aromatic ring is 1. The predicted octanol–water partition coefficient (Wildman–Crippen LogP) is 11.3. The first-order chi connectivity index (χ1) is 24.4. The van der Waals surface area contributed by atoms with Gasteiger partial charge in [-0.05, 0) is 104 Å². The first kappa shape index (κ1) is 30.0. The summed E-state index contributed by atoms with van der Waals surface area (Å²) in [7, 11) is 0. The second kappa shape index (κ2) is 11.8. The molecule has 0 bridgehead atoms. The lowest BCUT2D eigenvalue weighted by Crippen LogP contribution is -2.15. The molecule has 2 N–H and O–H groups in total. The summed E-state index contributed by atoms with van der Waals surface area (Å²) < 4.78 is 0. The lowest BCUT2D eigenvalue weighted by molar-refractivity contribution is 0.661. The van der Waals surface area contributed by atoms with Gasteiger partial charge < -0.3 is 5.73 Å². The molecule has 0 atom stereocenters. The van der Waals surface area contributed by atoms with E-state index >= 15 is 0 Å². The maximum atomic E-state index is 6.18. The summed E-state index contributed by atoms with van der Waals surface area (Å²) in [6.45, 7) is 4.59. The Morgan fingerprint density at radius 3 is 1.74 bits per heavy atom. The Morgan fingerprint density at radius 2 is 1.06 bits per heavy atom. The van der Waals surface area contributed by atoms with Gasteiger partial charge in [-0.2, -0.15) is 0 Å². The van der Waals surface area contributed by atoms with E-state index in [4.69, 9.17) is 20.7 Å². The van der Waals surface area contributed by atoms with Crippen LogP contribution in [0.2, 0.25) is 0 Å². The van der Waals surface area contributed by atoms with Crippen molar-refractivity contribution in [2.45, 2.75) is 32.1 Å². The van der Waals surface area contributed by atoms with Gasteiger partial charge in [0.05, 0.1) is 0 Å². The zero-order valence-electron chi connectivity index (χ0n) is 28.2. The number of hydrogen-bond acceptors (Lipinski definition) is 4. The third-order valence-corrected chi connectivity index (χ3v) is 10.3. The Labute approximate surface area is 292 Å². The Balaban J connectivity index is 1.01. The van der Waals surface area contributed by atoms with Gasteiger partial charge in [0, 0.05) is 22.2 Å². The molecule has 0 radical (unpaired) electrons. The minimum Gasteiger partial charge on any atom is -0.399 e. The summed E-state index contributed by atoms with van der Waals surface area (Å²) in [5, 5.41) is 2.43. The number of aromatic nitrogens is 3. The minimum atomic E-state index is -0.0993. The summed E-state index contributed by atoms with van der Waals surface area (Å²) >= 11 is 0. The zero-order chi connectivity index (χ0) is 33.8. The monoisotopic (exact) mass is 644 g/mol. The Morgan fingerprint density at radius 1 is 0.520 bits per heavy atom. The predicted molar refractivity (Wildman–Crippen MR) is 207 cm³/mol. The van der Waals surface area contributed by atoms with Crippen LogP contribution in [0.4, 0.5) is 5.69 Å². The number of rotatable bonds is 5. The SMILES string of the molecule is CC1(C)c2cc(N)ccc2-c2ccc(-c3ccc4cc(-c5ccc(-c6nc(C7=CC=CCC7)nc(-c7ccccc7)n6)cc5)ccc4c3)cc21. The van der Waals surface area contributed by atoms with Crippen LogP contribution < -0.4 is 5.73 Å². The second-order valence-corrected chi connectivity index (χ2v) is 13.9. The van der Waals surface area contributed by atoms with Crippen molar-refractivity contribution in [2.24, 2.45) is 0 Å². The van der Waals surface area contributed by atoms with Crippen LogP contribution in [0.15, 0.2) is 146 Å². The van der Waals surface area contributed by atoms with Crippen LogP contribution >= 0.6 is 0 Å². The van der Waals surface area contributed by atoms with Crippen molar-refractivity contribution in [3.8, 4) is 56.2 Å². The topological polar surface area (TPSA) is 64.7 Å². The average molecular weight is 645 g/mol. The number of nitrogens with two attached hydrogens (primary N) is 1. The highest BCUT2D eigenvalue weighted by Crippen LogP contribution is 2.50. The average Bonchev–Trinajstić information content (AvgIpc) is 3.39. The first-order valence-corrected chi connectivity index (χ1v) is 17.3. The summed E-state index contributed by atoms with van der Waals surface area (Å²) in [6.07, 6.45) is 8.30. The standard InChI is InChI=1S/C46H36N4/c1-46(2)41-27-37(21-23-39(41)40-24-22-38(47)28-42(40)46)36-20-19-34-25-33(17-18-35(34)26-36)29-13-15-32(16-14-29)45-49-43(30-9-5-3-6-10-30)48-44(50-45)31-11-7-4-8-12-31/h3-7,9-11,13-28H,8,12,47H2,1-2H3. The van der Waals surface area contributed by atoms with Gasteiger partial charge >= 0.3 is 0 Å². The molecule has 2 aliphatic rings. The quantitative estimate of drug-likeness (QED) is 0.189. The van der Waals surface area contributed by atoms with Crippen molar-refractivity contribution in [3.05, 3.63) is 163 Å². The van der Waals surface area contributed by atoms with Crippen molar-refractivity contribution in [2.75, 3.05) is 5.73 Å². The zero-order valence-corrected chi connectivity index (χ0v) is 28.2. The van der Waals surface area contributed by atoms with E-state index in [1.165, 1.54) is 49.7 Å². The molecule has 0 aliphatic heterocycles. The van der Waals surface area contributed by atoms with Crippen LogP contribution in [0.1, 0.15) is 43.6 Å². The highest BCUT2D eigenvalue weighted by atomic mass is 15.0. The van der Waals surface area contributed by atoms with E-state index in [1.54, 1.807) is 0 Å². The van der Waals surface area contributed by atoms with Gasteiger partial charge in [0.25, 0.3) is 0 Å². The normalized spacial score (nSPS) is 14.3. The van der Waals surface area contributed by atoms with E-state index in [-0.39, 0.29) is 5.41 Å². The van der Waals surface area contributed by atoms with Gasteiger partial charge in [-0.25, -0.2) is 15.0 Å². The fourth-order valence-electron chi connectivity index (χ4n) is 7.51. The molecule has 4 heteroatoms. The van der Waals surface area contributed by atoms with E-state index < -0.39 is 0 Å². The maximum absolute atomic E-state index is 6.18. The Bertz CT molecular complexity index is 2510. The Kier molecular flexibility index (Phi) is 7.06. The van der Waals surface area contributed by atoms with E-state index in [9.17, 15) is 0 Å². The highest BCUT2D eigenvalue weighted by Gasteiger charge is 2.35. The van der Waals surface area contributed by atoms with Crippen molar-refractivity contribution in [1.82, 2.24) is 15.0 Å². The summed E-state index contributed by atoms with van der Waals surface area (Å²) in [6, 6.07) is 45.4. The Hall–Kier alpha value is -6.13. The minimum absolute atomic E-state index is 0.0993. The van der Waals surface area contributed by atoms with E-state index in [2.05, 4.69) is 123 Å². The van der Waals surface area contributed by atoms with E-state index in [0.29, 0.717) is 11.6 Å². The summed E-state index contributed by atoms with van der Waals surface area (Å²) in [4.78, 5) is 14.7. The van der Waals surface area contributed by atoms with Crippen LogP contribution in [0.25, 0.3) is 72.5 Å². The smallest absolute Gasteiger partial charge is 0.164 e. The third-order valence-electron chi connectivity index (χ3n) is 10.3. The molecule has 2 aliphatic carbocycles. The molecular weight excluding hydrogens is 609 g/mol. The highest BCUT2D eigenvalue weighted by molar-refractivity contribution is 5.92. The number of allylic oxidation sites excluding steroid dienone is 4. The number of fused-ring (bicyclic) bond motifs is 4. The molecular formula is C46H36N4. The molecule has 0 amide bonds. The van der Waals surface area contributed by atoms with Crippen LogP contribution in [-0.4, -0.2) is 15.0 Å². The molecule has 240 valence electrons. The molecule has 7 aromatic rings. The molecule has 0 unspecified atom stereocenters. The van der Waals surface area contributed by atoms with E-state index in [1.807, 2.05) is 36.4 Å². The first-order valence-electron chi connectivity index (χ1n) is 17.3. The molecule has 0 saturated carbocycles. The van der Waals surface area contributed by atoms with Gasteiger partial charge in [0.2, 0.25) is 0 Å². The number of nitrogens with zero attached hydrogens (tertiary/aromatic N) is 3. The molecule has 9 rings (SSSR count). The van der Waals surface area contributed by atoms with Gasteiger partial charge in [0.15, 0.2) is 17.5 Å². The molecule has 0 fully saturated rings. The third kappa shape index (κ3) is 5.21. The van der Waals surface area contributed by atoms with E-state index in [0.717, 1.165) is 46.6 Å². The van der Waals surface area contributed by atoms with Gasteiger partial charge in [-0.3, -0.25) is 0 Å². The number of benzene rings is 6. The largest absolute Gasteiger partial charge is 0.399 e. The second-order valence-electron chi connectivity index (χ2n) is 13.9. The van der Waals surface area contributed by atoms with Crippen LogP contribution in [0.3, 0.4) is 0 Å². The molecule has 0 saturated heterocycles. The molecule has 1 heterocycles. The van der Waals surface area contributed by atoms with Crippen LogP contribution in [0.5, 0.6) is 0 Å². The fourth-order valence-corrected chi connectivity index (χ4v) is 7.51. The van der Waals surface area contributed by atoms with Crippen LogP contribution in [0, 0.1) is 0 Å². The summed E-state index contributed by atoms with van der Waals surface area (Å²) in [5.41, 5.74) is 20.0. The fraction of sp³-hybridized carbons (Fsp3) is 0.109. The molecule has 0 spiro atoms. The maximum Gasteiger partial charge on any atom is 0.164 e. The van der Waals surface area contributed by atoms with Gasteiger partial charge in [0.1, 0.15) is 0 Å². The number of anilines is 1. The molecule has 4 nitrogen and oxygen atoms in total. The van der Waals surface area contributed by atoms with Crippen LogP contribution in [-0.2, 0) is 5.41 Å². The number of hydrogen-bond donors (Lipinski definition) is 1. The molecule has 1 aromatic heterocycles. The molecule has 6 aromatic carbocycles. The van der Waals surface area contributed by atoms with Crippen molar-refractivity contribution in [1.29, 1.82) is 0 Å². The van der Waals surface area contributed by atoms with Crippen molar-refractivity contribution in [3.63, 3.8) is 0 Å².